The van der Waals surface area contributed by atoms with Crippen LogP contribution in [0.4, 0.5) is 0 Å². The van der Waals surface area contributed by atoms with E-state index in [1.165, 1.54) is 0 Å². The second kappa shape index (κ2) is 2.79. The molecular weight excluding hydrogens is 146 g/mol. The van der Waals surface area contributed by atoms with Gasteiger partial charge in [0.15, 0.2) is 5.75 Å². The van der Waals surface area contributed by atoms with Crippen molar-refractivity contribution in [1.29, 1.82) is 0 Å². The third-order valence-electron chi connectivity index (χ3n) is 0.547. The SMILES string of the molecule is COC(=O)CS(N)(=O)=O. The molecule has 0 aromatic heterocycles. The van der Waals surface area contributed by atoms with Gasteiger partial charge in [0.05, 0.1) is 7.11 Å². The molecule has 6 heteroatoms. The number of ether oxygens (including phenoxy) is 1. The summed E-state index contributed by atoms with van der Waals surface area (Å²) in [5.41, 5.74) is 0. The summed E-state index contributed by atoms with van der Waals surface area (Å²) >= 11 is 0. The Labute approximate surface area is 52.8 Å². The van der Waals surface area contributed by atoms with E-state index in [1.54, 1.807) is 0 Å². The predicted octanol–water partition coefficient (Wildman–Crippen LogP) is -1.55. The van der Waals surface area contributed by atoms with Crippen LogP contribution in [-0.2, 0) is 19.6 Å². The smallest absolute Gasteiger partial charge is 0.322 e. The van der Waals surface area contributed by atoms with Crippen LogP contribution < -0.4 is 5.14 Å². The first-order valence-corrected chi connectivity index (χ1v) is 3.74. The van der Waals surface area contributed by atoms with Crippen molar-refractivity contribution in [3.63, 3.8) is 0 Å². The fourth-order valence-electron chi connectivity index (χ4n) is 0.223. The number of esters is 1. The molecule has 0 aliphatic rings. The van der Waals surface area contributed by atoms with Crippen molar-refractivity contribution in [2.24, 2.45) is 5.14 Å². The monoisotopic (exact) mass is 153 g/mol. The Morgan fingerprint density at radius 1 is 1.67 bits per heavy atom. The lowest BCUT2D eigenvalue weighted by atomic mass is 10.8. The second-order valence-electron chi connectivity index (χ2n) is 1.38. The quantitative estimate of drug-likeness (QED) is 0.486. The van der Waals surface area contributed by atoms with E-state index < -0.39 is 21.7 Å². The average molecular weight is 153 g/mol. The van der Waals surface area contributed by atoms with Gasteiger partial charge in [0.25, 0.3) is 0 Å². The summed E-state index contributed by atoms with van der Waals surface area (Å²) in [5.74, 6) is -1.61. The fraction of sp³-hybridized carbons (Fsp3) is 0.667. The number of rotatable bonds is 2. The molecule has 0 aliphatic heterocycles. The lowest BCUT2D eigenvalue weighted by Gasteiger charge is -1.93. The van der Waals surface area contributed by atoms with Gasteiger partial charge >= 0.3 is 5.97 Å². The first-order valence-electron chi connectivity index (χ1n) is 2.03. The van der Waals surface area contributed by atoms with Crippen LogP contribution >= 0.6 is 0 Å². The lowest BCUT2D eigenvalue weighted by molar-refractivity contribution is -0.137. The van der Waals surface area contributed by atoms with Crippen molar-refractivity contribution >= 4 is 16.0 Å². The van der Waals surface area contributed by atoms with Crippen molar-refractivity contribution in [1.82, 2.24) is 0 Å². The number of hydrogen-bond acceptors (Lipinski definition) is 4. The average Bonchev–Trinajstić information content (AvgIpc) is 1.62. The summed E-state index contributed by atoms with van der Waals surface area (Å²) in [7, 11) is -2.62. The Kier molecular flexibility index (Phi) is 2.60. The molecule has 0 amide bonds. The molecule has 0 bridgehead atoms. The van der Waals surface area contributed by atoms with Gasteiger partial charge in [0, 0.05) is 0 Å². The minimum absolute atomic E-state index is 0.760. The van der Waals surface area contributed by atoms with Crippen LogP contribution in [0.25, 0.3) is 0 Å². The highest BCUT2D eigenvalue weighted by Gasteiger charge is 2.09. The number of carbonyl (C=O) groups is 1. The van der Waals surface area contributed by atoms with Gasteiger partial charge in [-0.25, -0.2) is 13.6 Å². The van der Waals surface area contributed by atoms with Crippen LogP contribution in [0.5, 0.6) is 0 Å². The van der Waals surface area contributed by atoms with Gasteiger partial charge in [-0.05, 0) is 0 Å². The van der Waals surface area contributed by atoms with Gasteiger partial charge in [-0.3, -0.25) is 4.79 Å². The molecule has 0 saturated carbocycles. The van der Waals surface area contributed by atoms with E-state index in [4.69, 9.17) is 0 Å². The number of methoxy groups -OCH3 is 1. The zero-order valence-corrected chi connectivity index (χ0v) is 5.64. The van der Waals surface area contributed by atoms with Crippen LogP contribution in [0, 0.1) is 0 Å². The maximum atomic E-state index is 10.1. The summed E-state index contributed by atoms with van der Waals surface area (Å²) in [6, 6.07) is 0. The zero-order chi connectivity index (χ0) is 7.49. The Morgan fingerprint density at radius 2 is 2.11 bits per heavy atom. The van der Waals surface area contributed by atoms with Crippen molar-refractivity contribution in [2.45, 2.75) is 0 Å². The van der Waals surface area contributed by atoms with Gasteiger partial charge in [0.1, 0.15) is 0 Å². The van der Waals surface area contributed by atoms with E-state index in [9.17, 15) is 13.2 Å². The molecule has 0 aliphatic carbocycles. The summed E-state index contributed by atoms with van der Waals surface area (Å²) in [6.45, 7) is 0. The maximum Gasteiger partial charge on any atom is 0.322 e. The number of sulfonamides is 1. The Hall–Kier alpha value is -0.620. The highest BCUT2D eigenvalue weighted by molar-refractivity contribution is 7.89. The summed E-state index contributed by atoms with van der Waals surface area (Å²) in [4.78, 5) is 10.1. The topological polar surface area (TPSA) is 86.5 Å². The van der Waals surface area contributed by atoms with Gasteiger partial charge in [-0.15, -0.1) is 0 Å². The molecule has 0 aromatic carbocycles. The van der Waals surface area contributed by atoms with Crippen molar-refractivity contribution in [3.8, 4) is 0 Å². The fourth-order valence-corrected chi connectivity index (χ4v) is 0.670. The van der Waals surface area contributed by atoms with Gasteiger partial charge < -0.3 is 4.74 Å². The highest BCUT2D eigenvalue weighted by atomic mass is 32.2. The number of nitrogens with two attached hydrogens (primary N) is 1. The zero-order valence-electron chi connectivity index (χ0n) is 4.83. The van der Waals surface area contributed by atoms with Gasteiger partial charge in [-0.1, -0.05) is 0 Å². The Bertz CT molecular complexity index is 194. The molecule has 0 rings (SSSR count). The molecule has 54 valence electrons. The molecule has 0 atom stereocenters. The van der Waals surface area contributed by atoms with Crippen LogP contribution in [0.2, 0.25) is 0 Å². The van der Waals surface area contributed by atoms with Crippen molar-refractivity contribution < 1.29 is 17.9 Å². The molecule has 0 unspecified atom stereocenters. The van der Waals surface area contributed by atoms with E-state index in [0.29, 0.717) is 0 Å². The molecule has 0 saturated heterocycles. The normalized spacial score (nSPS) is 10.9. The maximum absolute atomic E-state index is 10.1. The molecule has 5 nitrogen and oxygen atoms in total. The van der Waals surface area contributed by atoms with E-state index in [0.717, 1.165) is 7.11 Å². The van der Waals surface area contributed by atoms with Crippen molar-refractivity contribution in [3.05, 3.63) is 0 Å². The van der Waals surface area contributed by atoms with E-state index in [-0.39, 0.29) is 0 Å². The highest BCUT2D eigenvalue weighted by Crippen LogP contribution is 1.79. The van der Waals surface area contributed by atoms with E-state index in [1.807, 2.05) is 0 Å². The van der Waals surface area contributed by atoms with Crippen LogP contribution in [0.1, 0.15) is 0 Å². The molecule has 0 aromatic rings. The predicted molar refractivity (Wildman–Crippen MR) is 30.0 cm³/mol. The van der Waals surface area contributed by atoms with Gasteiger partial charge in [-0.2, -0.15) is 0 Å². The first kappa shape index (κ1) is 8.38. The van der Waals surface area contributed by atoms with Crippen LogP contribution in [0.15, 0.2) is 0 Å². The number of primary sulfonamides is 1. The third kappa shape index (κ3) is 5.25. The Balaban J connectivity index is 3.91. The molecule has 0 spiro atoms. The minimum atomic E-state index is -3.71. The molecule has 9 heavy (non-hydrogen) atoms. The van der Waals surface area contributed by atoms with Crippen molar-refractivity contribution in [2.75, 3.05) is 12.9 Å². The summed E-state index contributed by atoms with van der Waals surface area (Å²) in [5, 5.41) is 4.48. The molecule has 2 N–H and O–H groups in total. The Morgan fingerprint density at radius 3 is 2.22 bits per heavy atom. The van der Waals surface area contributed by atoms with E-state index in [2.05, 4.69) is 9.88 Å². The van der Waals surface area contributed by atoms with Crippen LogP contribution in [-0.4, -0.2) is 27.2 Å². The number of hydrogen-bond donors (Lipinski definition) is 1. The lowest BCUT2D eigenvalue weighted by Crippen LogP contribution is -2.23. The summed E-state index contributed by atoms with van der Waals surface area (Å²) in [6.07, 6.45) is 0. The van der Waals surface area contributed by atoms with Gasteiger partial charge in [0.2, 0.25) is 10.0 Å². The molecular formula is C3H7NO4S. The summed E-state index contributed by atoms with van der Waals surface area (Å²) < 4.78 is 24.2. The molecule has 0 radical (unpaired) electrons. The van der Waals surface area contributed by atoms with Crippen LogP contribution in [0.3, 0.4) is 0 Å². The number of carbonyl (C=O) groups excluding carboxylic acids is 1. The molecule has 0 heterocycles. The first-order chi connectivity index (χ1) is 3.95. The minimum Gasteiger partial charge on any atom is -0.468 e. The largest absolute Gasteiger partial charge is 0.468 e. The third-order valence-corrected chi connectivity index (χ3v) is 1.18. The standard InChI is InChI=1S/C3H7NO4S/c1-8-3(5)2-9(4,6)7/h2H2,1H3,(H2,4,6,7). The molecule has 0 fully saturated rings. The van der Waals surface area contributed by atoms with E-state index >= 15 is 0 Å². The second-order valence-corrected chi connectivity index (χ2v) is 3.00.